The first-order valence-corrected chi connectivity index (χ1v) is 13.1. The summed E-state index contributed by atoms with van der Waals surface area (Å²) in [6.45, 7) is 1.72. The number of thioether (sulfide) groups is 1. The lowest BCUT2D eigenvalue weighted by atomic mass is 9.85. The number of carboxylic acid groups (broad SMARTS) is 1. The van der Waals surface area contributed by atoms with E-state index in [2.05, 4.69) is 22.9 Å². The van der Waals surface area contributed by atoms with E-state index >= 15 is 0 Å². The van der Waals surface area contributed by atoms with Crippen LogP contribution in [0.15, 0.2) is 56.8 Å². The van der Waals surface area contributed by atoms with Crippen LogP contribution in [-0.4, -0.2) is 46.8 Å². The van der Waals surface area contributed by atoms with Crippen molar-refractivity contribution in [3.8, 4) is 11.5 Å². The summed E-state index contributed by atoms with van der Waals surface area (Å²) in [5, 5.41) is 9.63. The summed E-state index contributed by atoms with van der Waals surface area (Å²) < 4.78 is 11.3. The first kappa shape index (κ1) is 25.3. The van der Waals surface area contributed by atoms with E-state index < -0.39 is 12.6 Å². The van der Waals surface area contributed by atoms with E-state index in [0.717, 1.165) is 30.5 Å². The van der Waals surface area contributed by atoms with E-state index in [1.54, 1.807) is 12.1 Å². The summed E-state index contributed by atoms with van der Waals surface area (Å²) in [5.74, 6) is -0.0658. The molecule has 0 aromatic heterocycles. The van der Waals surface area contributed by atoms with E-state index in [1.165, 1.54) is 25.3 Å². The summed E-state index contributed by atoms with van der Waals surface area (Å²) in [5.41, 5.74) is 1.53. The van der Waals surface area contributed by atoms with Crippen molar-refractivity contribution in [3.05, 3.63) is 57.4 Å². The summed E-state index contributed by atoms with van der Waals surface area (Å²) >= 11 is 4.81. The van der Waals surface area contributed by atoms with Crippen molar-refractivity contribution >= 4 is 56.5 Å². The number of hydrogen-bond acceptors (Lipinski definition) is 6. The Kier molecular flexibility index (Phi) is 8.18. The number of methoxy groups -OCH3 is 1. The zero-order valence-electron chi connectivity index (χ0n) is 19.6. The Morgan fingerprint density at radius 1 is 1.26 bits per heavy atom. The molecule has 35 heavy (non-hydrogen) atoms. The van der Waals surface area contributed by atoms with Crippen LogP contribution in [0.3, 0.4) is 0 Å². The highest BCUT2D eigenvalue weighted by Crippen LogP contribution is 2.42. The quantitative estimate of drug-likeness (QED) is 0.413. The molecular formula is C26H27BrN2O5S. The molecule has 2 aliphatic rings. The van der Waals surface area contributed by atoms with Crippen LogP contribution in [0, 0.1) is 5.92 Å². The van der Waals surface area contributed by atoms with Gasteiger partial charge in [0.2, 0.25) is 0 Å². The predicted octanol–water partition coefficient (Wildman–Crippen LogP) is 6.10. The number of aliphatic carboxylic acids is 1. The van der Waals surface area contributed by atoms with Gasteiger partial charge in [-0.15, -0.1) is 0 Å². The number of carboxylic acids is 1. The molecule has 0 bridgehead atoms. The standard InChI is InChI=1S/C26H27BrN2O5S/c1-16-8-6-7-11-20(16)29-25(32)22(35-26(29)28-18-9-4-3-5-10-18)14-17-12-19(27)24(21(13-17)33-2)34-15-23(30)31/h3-5,9-10,12-14,16,20H,6-8,11,15H2,1-2H3,(H,30,31)/b22-14-,28-26?/t16-,20+/m0/s1. The molecule has 2 aromatic rings. The molecule has 9 heteroatoms. The van der Waals surface area contributed by atoms with Gasteiger partial charge in [0.05, 0.1) is 22.2 Å². The Balaban J connectivity index is 1.70. The highest BCUT2D eigenvalue weighted by atomic mass is 79.9. The number of rotatable bonds is 7. The third kappa shape index (κ3) is 5.90. The summed E-state index contributed by atoms with van der Waals surface area (Å²) in [6.07, 6.45) is 6.16. The number of amidine groups is 1. The van der Waals surface area contributed by atoms with Crippen LogP contribution in [0.4, 0.5) is 5.69 Å². The third-order valence-corrected chi connectivity index (χ3v) is 7.68. The predicted molar refractivity (Wildman–Crippen MR) is 141 cm³/mol. The van der Waals surface area contributed by atoms with Gasteiger partial charge in [0.25, 0.3) is 5.91 Å². The molecule has 1 aliphatic carbocycles. The topological polar surface area (TPSA) is 88.4 Å². The molecule has 1 amide bonds. The number of hydrogen-bond donors (Lipinski definition) is 1. The zero-order chi connectivity index (χ0) is 24.9. The van der Waals surface area contributed by atoms with Crippen LogP contribution in [0.25, 0.3) is 6.08 Å². The Bertz CT molecular complexity index is 1170. The molecule has 1 N–H and O–H groups in total. The van der Waals surface area contributed by atoms with Crippen LogP contribution in [0.5, 0.6) is 11.5 Å². The van der Waals surface area contributed by atoms with Crippen molar-refractivity contribution in [1.29, 1.82) is 0 Å². The first-order chi connectivity index (χ1) is 16.9. The molecule has 7 nitrogen and oxygen atoms in total. The van der Waals surface area contributed by atoms with Crippen molar-refractivity contribution in [3.63, 3.8) is 0 Å². The number of amides is 1. The molecule has 4 rings (SSSR count). The van der Waals surface area contributed by atoms with Gasteiger partial charge < -0.3 is 14.6 Å². The summed E-state index contributed by atoms with van der Waals surface area (Å²) in [6, 6.07) is 13.3. The van der Waals surface area contributed by atoms with E-state index in [1.807, 2.05) is 41.3 Å². The fraction of sp³-hybridized carbons (Fsp3) is 0.346. The molecule has 1 heterocycles. The maximum absolute atomic E-state index is 13.7. The second-order valence-corrected chi connectivity index (χ2v) is 10.4. The highest BCUT2D eigenvalue weighted by molar-refractivity contribution is 9.10. The fourth-order valence-electron chi connectivity index (χ4n) is 4.40. The highest BCUT2D eigenvalue weighted by Gasteiger charge is 2.41. The number of aliphatic imine (C=N–C) groups is 1. The second-order valence-electron chi connectivity index (χ2n) is 8.56. The van der Waals surface area contributed by atoms with Crippen molar-refractivity contribution in [2.24, 2.45) is 10.9 Å². The lowest BCUT2D eigenvalue weighted by Crippen LogP contribution is -2.44. The van der Waals surface area contributed by atoms with Crippen molar-refractivity contribution in [2.75, 3.05) is 13.7 Å². The molecule has 1 saturated carbocycles. The minimum absolute atomic E-state index is 0.0512. The monoisotopic (exact) mass is 558 g/mol. The lowest BCUT2D eigenvalue weighted by molar-refractivity contribution is -0.139. The van der Waals surface area contributed by atoms with Crippen LogP contribution in [-0.2, 0) is 9.59 Å². The SMILES string of the molecule is COc1cc(/C=C2\SC(=Nc3ccccc3)N([C@@H]3CCCC[C@@H]3C)C2=O)cc(Br)c1OCC(=O)O. The van der Waals surface area contributed by atoms with Crippen LogP contribution < -0.4 is 9.47 Å². The third-order valence-electron chi connectivity index (χ3n) is 6.11. The first-order valence-electron chi connectivity index (χ1n) is 11.5. The van der Waals surface area contributed by atoms with Gasteiger partial charge in [0, 0.05) is 6.04 Å². The van der Waals surface area contributed by atoms with E-state index in [0.29, 0.717) is 32.0 Å². The van der Waals surface area contributed by atoms with Crippen molar-refractivity contribution in [2.45, 2.75) is 38.6 Å². The van der Waals surface area contributed by atoms with Gasteiger partial charge >= 0.3 is 5.97 Å². The van der Waals surface area contributed by atoms with E-state index in [-0.39, 0.29) is 11.9 Å². The molecule has 184 valence electrons. The zero-order valence-corrected chi connectivity index (χ0v) is 22.0. The number of carbonyl (C=O) groups excluding carboxylic acids is 1. The Morgan fingerprint density at radius 3 is 2.69 bits per heavy atom. The number of para-hydroxylation sites is 1. The fourth-order valence-corrected chi connectivity index (χ4v) is 6.02. The van der Waals surface area contributed by atoms with Crippen molar-refractivity contribution in [1.82, 2.24) is 4.90 Å². The maximum atomic E-state index is 13.7. The molecular weight excluding hydrogens is 532 g/mol. The molecule has 0 spiro atoms. The molecule has 1 aliphatic heterocycles. The number of nitrogens with zero attached hydrogens (tertiary/aromatic N) is 2. The molecule has 2 atom stereocenters. The minimum atomic E-state index is -1.08. The largest absolute Gasteiger partial charge is 0.493 e. The smallest absolute Gasteiger partial charge is 0.341 e. The van der Waals surface area contributed by atoms with Gasteiger partial charge in [0.1, 0.15) is 0 Å². The maximum Gasteiger partial charge on any atom is 0.341 e. The second kappa shape index (κ2) is 11.3. The number of halogens is 1. The van der Waals surface area contributed by atoms with Gasteiger partial charge in [-0.2, -0.15) is 0 Å². The van der Waals surface area contributed by atoms with Crippen LogP contribution in [0.2, 0.25) is 0 Å². The van der Waals surface area contributed by atoms with Gasteiger partial charge in [0.15, 0.2) is 23.3 Å². The van der Waals surface area contributed by atoms with E-state index in [4.69, 9.17) is 19.6 Å². The van der Waals surface area contributed by atoms with Gasteiger partial charge in [-0.3, -0.25) is 9.69 Å². The van der Waals surface area contributed by atoms with Crippen molar-refractivity contribution < 1.29 is 24.2 Å². The minimum Gasteiger partial charge on any atom is -0.493 e. The average molecular weight is 559 g/mol. The van der Waals surface area contributed by atoms with E-state index in [9.17, 15) is 9.59 Å². The number of ether oxygens (including phenoxy) is 2. The Hall–Kier alpha value is -2.78. The average Bonchev–Trinajstić information content (AvgIpc) is 3.13. The molecule has 2 aromatic carbocycles. The van der Waals surface area contributed by atoms with Crippen LogP contribution in [0.1, 0.15) is 38.2 Å². The molecule has 0 unspecified atom stereocenters. The van der Waals surface area contributed by atoms with Crippen LogP contribution >= 0.6 is 27.7 Å². The summed E-state index contributed by atoms with van der Waals surface area (Å²) in [7, 11) is 1.48. The van der Waals surface area contributed by atoms with Gasteiger partial charge in [-0.25, -0.2) is 9.79 Å². The molecule has 2 fully saturated rings. The Morgan fingerprint density at radius 2 is 2.00 bits per heavy atom. The number of benzene rings is 2. The molecule has 0 radical (unpaired) electrons. The molecule has 1 saturated heterocycles. The Labute approximate surface area is 217 Å². The number of carbonyl (C=O) groups is 2. The lowest BCUT2D eigenvalue weighted by Gasteiger charge is -2.35. The normalized spacial score (nSPS) is 22.6. The summed E-state index contributed by atoms with van der Waals surface area (Å²) in [4.78, 5) is 31.9. The van der Waals surface area contributed by atoms with Gasteiger partial charge in [-0.1, -0.05) is 38.0 Å². The van der Waals surface area contributed by atoms with Gasteiger partial charge in [-0.05, 0) is 82.4 Å².